The molecule has 1 aliphatic rings. The second-order valence-electron chi connectivity index (χ2n) is 10.8. The quantitative estimate of drug-likeness (QED) is 0.253. The van der Waals surface area contributed by atoms with Crippen molar-refractivity contribution >= 4 is 39.9 Å². The van der Waals surface area contributed by atoms with E-state index in [-0.39, 0.29) is 23.0 Å². The van der Waals surface area contributed by atoms with Crippen molar-refractivity contribution in [2.24, 2.45) is 11.3 Å². The van der Waals surface area contributed by atoms with Crippen LogP contribution in [-0.2, 0) is 24.2 Å². The molecule has 1 aromatic carbocycles. The van der Waals surface area contributed by atoms with Crippen LogP contribution in [-0.4, -0.2) is 32.3 Å². The van der Waals surface area contributed by atoms with Gasteiger partial charge in [0.25, 0.3) is 5.91 Å². The van der Waals surface area contributed by atoms with Crippen LogP contribution in [0, 0.1) is 22.7 Å². The lowest BCUT2D eigenvalue weighted by atomic mass is 9.72. The highest BCUT2D eigenvalue weighted by Gasteiger charge is 2.32. The molecule has 3 aromatic rings. The predicted molar refractivity (Wildman–Crippen MR) is 156 cm³/mol. The van der Waals surface area contributed by atoms with Crippen LogP contribution < -0.4 is 10.6 Å². The first-order chi connectivity index (χ1) is 18.6. The van der Waals surface area contributed by atoms with E-state index in [4.69, 9.17) is 0 Å². The molecule has 10 heteroatoms. The van der Waals surface area contributed by atoms with Gasteiger partial charge in [0.05, 0.1) is 17.4 Å². The molecule has 8 nitrogen and oxygen atoms in total. The lowest BCUT2D eigenvalue weighted by Crippen LogP contribution is -2.28. The highest BCUT2D eigenvalue weighted by molar-refractivity contribution is 7.99. The minimum atomic E-state index is -0.402. The minimum Gasteiger partial charge on any atom is -0.342 e. The zero-order chi connectivity index (χ0) is 28.2. The molecule has 0 bridgehead atoms. The molecule has 0 radical (unpaired) electrons. The van der Waals surface area contributed by atoms with Gasteiger partial charge in [0.15, 0.2) is 11.0 Å². The molecule has 4 rings (SSSR count). The highest BCUT2D eigenvalue weighted by Crippen LogP contribution is 2.44. The summed E-state index contributed by atoms with van der Waals surface area (Å²) < 4.78 is 1.85. The van der Waals surface area contributed by atoms with Crippen molar-refractivity contribution in [1.82, 2.24) is 20.1 Å². The fourth-order valence-corrected chi connectivity index (χ4v) is 6.83. The summed E-state index contributed by atoms with van der Waals surface area (Å²) in [6.07, 6.45) is 4.59. The van der Waals surface area contributed by atoms with Gasteiger partial charge in [0, 0.05) is 17.0 Å². The Hall–Kier alpha value is -3.42. The van der Waals surface area contributed by atoms with Crippen LogP contribution in [0.15, 0.2) is 48.1 Å². The monoisotopic (exact) mass is 562 g/mol. The zero-order valence-electron chi connectivity index (χ0n) is 22.8. The number of hydrogen-bond acceptors (Lipinski definition) is 7. The SMILES string of the molecule is C=CCn1c(SCC(=O)Nc2sc3c(c2C#N)CC[C@@H](C(C)(C)C)C3)nnc1[C@@H](C)NC(=O)c1ccccc1. The predicted octanol–water partition coefficient (Wildman–Crippen LogP) is 5.77. The van der Waals surface area contributed by atoms with Crippen molar-refractivity contribution in [3.63, 3.8) is 0 Å². The van der Waals surface area contributed by atoms with E-state index in [1.807, 2.05) is 29.7 Å². The number of hydrogen-bond donors (Lipinski definition) is 2. The average Bonchev–Trinajstić information content (AvgIpc) is 3.47. The van der Waals surface area contributed by atoms with Gasteiger partial charge in [-0.2, -0.15) is 5.26 Å². The number of carbonyl (C=O) groups is 2. The average molecular weight is 563 g/mol. The number of fused-ring (bicyclic) bond motifs is 1. The van der Waals surface area contributed by atoms with Gasteiger partial charge < -0.3 is 15.2 Å². The maximum absolute atomic E-state index is 12.9. The third-order valence-electron chi connectivity index (χ3n) is 7.02. The largest absolute Gasteiger partial charge is 0.342 e. The molecule has 0 saturated carbocycles. The van der Waals surface area contributed by atoms with Gasteiger partial charge in [-0.3, -0.25) is 9.59 Å². The minimum absolute atomic E-state index is 0.109. The van der Waals surface area contributed by atoms with Crippen molar-refractivity contribution in [3.05, 3.63) is 70.4 Å². The fourth-order valence-electron chi connectivity index (χ4n) is 4.79. The number of rotatable bonds is 9. The van der Waals surface area contributed by atoms with Gasteiger partial charge in [-0.25, -0.2) is 0 Å². The van der Waals surface area contributed by atoms with Crippen LogP contribution in [0.25, 0.3) is 0 Å². The number of nitrogens with zero attached hydrogens (tertiary/aromatic N) is 4. The zero-order valence-corrected chi connectivity index (χ0v) is 24.4. The van der Waals surface area contributed by atoms with Gasteiger partial charge in [-0.15, -0.1) is 28.1 Å². The fraction of sp³-hybridized carbons (Fsp3) is 0.414. The van der Waals surface area contributed by atoms with Crippen molar-refractivity contribution in [1.29, 1.82) is 5.26 Å². The summed E-state index contributed by atoms with van der Waals surface area (Å²) in [5.74, 6) is 0.832. The third kappa shape index (κ3) is 6.60. The molecule has 0 aliphatic heterocycles. The number of thioether (sulfide) groups is 1. The topological polar surface area (TPSA) is 113 Å². The number of nitrogens with one attached hydrogen (secondary N) is 2. The number of nitriles is 1. The second-order valence-corrected chi connectivity index (χ2v) is 12.8. The standard InChI is InChI=1S/C29H34N6O2S2/c1-6-14-35-25(18(2)31-26(37)19-10-8-7-9-11-19)33-34-28(35)38-17-24(36)32-27-22(16-30)21-13-12-20(29(3,4)5)15-23(21)39-27/h6-11,18,20H,1,12-15,17H2,2-5H3,(H,31,37)(H,32,36)/t18-,20-/m1/s1. The summed E-state index contributed by atoms with van der Waals surface area (Å²) in [6, 6.07) is 10.9. The van der Waals surface area contributed by atoms with E-state index < -0.39 is 6.04 Å². The van der Waals surface area contributed by atoms with Crippen molar-refractivity contribution < 1.29 is 9.59 Å². The first-order valence-corrected chi connectivity index (χ1v) is 14.8. The number of benzene rings is 1. The summed E-state index contributed by atoms with van der Waals surface area (Å²) >= 11 is 2.79. The van der Waals surface area contributed by atoms with E-state index in [0.717, 1.165) is 24.8 Å². The number of anilines is 1. The number of aromatic nitrogens is 3. The van der Waals surface area contributed by atoms with Gasteiger partial charge in [-0.1, -0.05) is 56.8 Å². The van der Waals surface area contributed by atoms with E-state index in [2.05, 4.69) is 54.3 Å². The Morgan fingerprint density at radius 2 is 2.05 bits per heavy atom. The summed E-state index contributed by atoms with van der Waals surface area (Å²) in [7, 11) is 0. The maximum Gasteiger partial charge on any atom is 0.251 e. The summed E-state index contributed by atoms with van der Waals surface area (Å²) in [5, 5.41) is 25.5. The second kappa shape index (κ2) is 12.2. The Kier molecular flexibility index (Phi) is 8.93. The molecule has 0 unspecified atom stereocenters. The molecule has 0 saturated heterocycles. The van der Waals surface area contributed by atoms with E-state index >= 15 is 0 Å². The van der Waals surface area contributed by atoms with Gasteiger partial charge in [0.2, 0.25) is 5.91 Å². The summed E-state index contributed by atoms with van der Waals surface area (Å²) in [4.78, 5) is 26.8. The van der Waals surface area contributed by atoms with Gasteiger partial charge in [-0.05, 0) is 55.2 Å². The van der Waals surface area contributed by atoms with Crippen molar-refractivity contribution in [2.45, 2.75) is 64.7 Å². The van der Waals surface area contributed by atoms with Crippen molar-refractivity contribution in [3.8, 4) is 6.07 Å². The van der Waals surface area contributed by atoms with E-state index in [1.54, 1.807) is 18.2 Å². The molecule has 2 aromatic heterocycles. The Bertz CT molecular complexity index is 1400. The Morgan fingerprint density at radius 3 is 2.72 bits per heavy atom. The van der Waals surface area contributed by atoms with E-state index in [0.29, 0.717) is 39.6 Å². The molecular formula is C29H34N6O2S2. The number of allylic oxidation sites excluding steroid dienone is 1. The van der Waals surface area contributed by atoms with Gasteiger partial charge >= 0.3 is 0 Å². The van der Waals surface area contributed by atoms with Crippen LogP contribution in [0.3, 0.4) is 0 Å². The van der Waals surface area contributed by atoms with Crippen LogP contribution in [0.2, 0.25) is 0 Å². The van der Waals surface area contributed by atoms with Crippen LogP contribution in [0.1, 0.15) is 72.3 Å². The molecule has 0 fully saturated rings. The number of thiophene rings is 1. The van der Waals surface area contributed by atoms with Crippen LogP contribution in [0.5, 0.6) is 0 Å². The number of carbonyl (C=O) groups excluding carboxylic acids is 2. The molecule has 2 amide bonds. The summed E-state index contributed by atoms with van der Waals surface area (Å²) in [6.45, 7) is 12.9. The Morgan fingerprint density at radius 1 is 1.31 bits per heavy atom. The molecule has 1 aliphatic carbocycles. The molecule has 2 heterocycles. The Labute approximate surface area is 237 Å². The molecule has 2 atom stereocenters. The lowest BCUT2D eigenvalue weighted by molar-refractivity contribution is -0.113. The highest BCUT2D eigenvalue weighted by atomic mass is 32.2. The van der Waals surface area contributed by atoms with Crippen LogP contribution in [0.4, 0.5) is 5.00 Å². The first kappa shape index (κ1) is 28.6. The lowest BCUT2D eigenvalue weighted by Gasteiger charge is -2.33. The smallest absolute Gasteiger partial charge is 0.251 e. The first-order valence-electron chi connectivity index (χ1n) is 13.0. The number of amides is 2. The molecule has 2 N–H and O–H groups in total. The van der Waals surface area contributed by atoms with Crippen molar-refractivity contribution in [2.75, 3.05) is 11.1 Å². The molecule has 204 valence electrons. The molecule has 0 spiro atoms. The van der Waals surface area contributed by atoms with Gasteiger partial charge in [0.1, 0.15) is 11.1 Å². The third-order valence-corrected chi connectivity index (χ3v) is 9.15. The normalized spacial score (nSPS) is 15.6. The molecular weight excluding hydrogens is 528 g/mol. The van der Waals surface area contributed by atoms with E-state index in [9.17, 15) is 14.9 Å². The summed E-state index contributed by atoms with van der Waals surface area (Å²) in [5.41, 5.74) is 2.45. The Balaban J connectivity index is 1.42. The van der Waals surface area contributed by atoms with Crippen LogP contribution >= 0.6 is 23.1 Å². The molecule has 39 heavy (non-hydrogen) atoms. The maximum atomic E-state index is 12.9. The van der Waals surface area contributed by atoms with E-state index in [1.165, 1.54) is 28.0 Å².